The van der Waals surface area contributed by atoms with E-state index in [1.807, 2.05) is 11.8 Å². The van der Waals surface area contributed by atoms with Crippen molar-refractivity contribution in [1.29, 1.82) is 0 Å². The number of aldehydes is 1. The van der Waals surface area contributed by atoms with E-state index in [4.69, 9.17) is 0 Å². The highest BCUT2D eigenvalue weighted by molar-refractivity contribution is 5.72. The molecule has 1 saturated heterocycles. The molecule has 5 nitrogen and oxygen atoms in total. The minimum atomic E-state index is -0.384. The van der Waals surface area contributed by atoms with Crippen molar-refractivity contribution in [2.45, 2.75) is 32.2 Å². The van der Waals surface area contributed by atoms with E-state index in [0.29, 0.717) is 12.2 Å². The lowest BCUT2D eigenvalue weighted by Crippen LogP contribution is -2.40. The average molecular weight is 248 g/mol. The van der Waals surface area contributed by atoms with Crippen LogP contribution in [0.5, 0.6) is 0 Å². The highest BCUT2D eigenvalue weighted by atomic mass is 16.6. The van der Waals surface area contributed by atoms with Crippen molar-refractivity contribution in [3.05, 3.63) is 33.9 Å². The number of nitro groups is 1. The van der Waals surface area contributed by atoms with Gasteiger partial charge in [-0.3, -0.25) is 10.1 Å². The third kappa shape index (κ3) is 2.34. The van der Waals surface area contributed by atoms with E-state index in [0.717, 1.165) is 31.1 Å². The molecule has 1 aromatic carbocycles. The fourth-order valence-electron chi connectivity index (χ4n) is 2.42. The minimum Gasteiger partial charge on any atom is -0.356 e. The molecule has 0 aliphatic carbocycles. The zero-order chi connectivity index (χ0) is 13.1. The Balaban J connectivity index is 2.44. The van der Waals surface area contributed by atoms with Crippen molar-refractivity contribution < 1.29 is 9.72 Å². The summed E-state index contributed by atoms with van der Waals surface area (Å²) < 4.78 is 0. The van der Waals surface area contributed by atoms with E-state index in [1.165, 1.54) is 6.07 Å². The van der Waals surface area contributed by atoms with Gasteiger partial charge in [-0.05, 0) is 37.8 Å². The number of aryl methyl sites for hydroxylation is 1. The average Bonchev–Trinajstić information content (AvgIpc) is 2.38. The van der Waals surface area contributed by atoms with Crippen LogP contribution in [-0.2, 0) is 4.79 Å². The summed E-state index contributed by atoms with van der Waals surface area (Å²) >= 11 is 0. The smallest absolute Gasteiger partial charge is 0.292 e. The van der Waals surface area contributed by atoms with Gasteiger partial charge in [0.05, 0.1) is 11.0 Å². The van der Waals surface area contributed by atoms with E-state index < -0.39 is 0 Å². The van der Waals surface area contributed by atoms with Crippen LogP contribution in [-0.4, -0.2) is 23.8 Å². The second-order valence-corrected chi connectivity index (χ2v) is 4.64. The molecule has 1 heterocycles. The Kier molecular flexibility index (Phi) is 3.60. The molecular formula is C13H16N2O3. The zero-order valence-electron chi connectivity index (χ0n) is 10.3. The van der Waals surface area contributed by atoms with Gasteiger partial charge in [-0.15, -0.1) is 0 Å². The summed E-state index contributed by atoms with van der Waals surface area (Å²) in [6.07, 6.45) is 3.63. The molecule has 1 aliphatic heterocycles. The maximum atomic E-state index is 11.1. The molecule has 2 rings (SSSR count). The van der Waals surface area contributed by atoms with E-state index >= 15 is 0 Å². The number of carbonyl (C=O) groups excluding carboxylic acids is 1. The standard InChI is InChI=1S/C13H16N2O3/c1-10-5-6-12(15(17)18)13(8-10)14-7-3-2-4-11(14)9-16/h5-6,8-9,11H,2-4,7H2,1H3. The highest BCUT2D eigenvalue weighted by Gasteiger charge is 2.27. The Hall–Kier alpha value is -1.91. The molecule has 0 bridgehead atoms. The molecule has 0 N–H and O–H groups in total. The van der Waals surface area contributed by atoms with Crippen LogP contribution in [0.25, 0.3) is 0 Å². The van der Waals surface area contributed by atoms with E-state index in [-0.39, 0.29) is 16.7 Å². The maximum Gasteiger partial charge on any atom is 0.292 e. The summed E-state index contributed by atoms with van der Waals surface area (Å²) in [6.45, 7) is 2.60. The van der Waals surface area contributed by atoms with Gasteiger partial charge in [-0.25, -0.2) is 0 Å². The number of benzene rings is 1. The van der Waals surface area contributed by atoms with Crippen molar-refractivity contribution in [1.82, 2.24) is 0 Å². The Bertz CT molecular complexity index is 473. The quantitative estimate of drug-likeness (QED) is 0.468. The fourth-order valence-corrected chi connectivity index (χ4v) is 2.42. The van der Waals surface area contributed by atoms with Crippen molar-refractivity contribution in [3.8, 4) is 0 Å². The number of rotatable bonds is 3. The topological polar surface area (TPSA) is 63.5 Å². The molecule has 0 radical (unpaired) electrons. The molecule has 1 atom stereocenters. The van der Waals surface area contributed by atoms with Gasteiger partial charge in [-0.2, -0.15) is 0 Å². The summed E-state index contributed by atoms with van der Waals surface area (Å²) in [7, 11) is 0. The molecule has 0 spiro atoms. The van der Waals surface area contributed by atoms with E-state index in [2.05, 4.69) is 0 Å². The number of nitrogens with zero attached hydrogens (tertiary/aromatic N) is 2. The predicted octanol–water partition coefficient (Wildman–Crippen LogP) is 2.46. The van der Waals surface area contributed by atoms with Crippen LogP contribution in [0.1, 0.15) is 24.8 Å². The van der Waals surface area contributed by atoms with Crippen molar-refractivity contribution in [3.63, 3.8) is 0 Å². The molecule has 5 heteroatoms. The number of hydrogen-bond acceptors (Lipinski definition) is 4. The van der Waals surface area contributed by atoms with Crippen LogP contribution in [0, 0.1) is 17.0 Å². The second kappa shape index (κ2) is 5.16. The second-order valence-electron chi connectivity index (χ2n) is 4.64. The van der Waals surface area contributed by atoms with Gasteiger partial charge in [0.25, 0.3) is 5.69 Å². The van der Waals surface area contributed by atoms with Gasteiger partial charge in [0.15, 0.2) is 0 Å². The Morgan fingerprint density at radius 1 is 1.44 bits per heavy atom. The number of anilines is 1. The van der Waals surface area contributed by atoms with Crippen LogP contribution in [0.4, 0.5) is 11.4 Å². The predicted molar refractivity (Wildman–Crippen MR) is 68.9 cm³/mol. The van der Waals surface area contributed by atoms with Gasteiger partial charge in [0, 0.05) is 12.6 Å². The molecule has 18 heavy (non-hydrogen) atoms. The maximum absolute atomic E-state index is 11.1. The van der Waals surface area contributed by atoms with Crippen LogP contribution in [0.15, 0.2) is 18.2 Å². The SMILES string of the molecule is Cc1ccc([N+](=O)[O-])c(N2CCCCC2C=O)c1. The first-order chi connectivity index (χ1) is 8.63. The van der Waals surface area contributed by atoms with E-state index in [9.17, 15) is 14.9 Å². The van der Waals surface area contributed by atoms with Gasteiger partial charge in [0.1, 0.15) is 12.0 Å². The van der Waals surface area contributed by atoms with Crippen molar-refractivity contribution >= 4 is 17.7 Å². The normalized spacial score (nSPS) is 19.6. The van der Waals surface area contributed by atoms with Crippen LogP contribution in [0.3, 0.4) is 0 Å². The lowest BCUT2D eigenvalue weighted by molar-refractivity contribution is -0.384. The van der Waals surface area contributed by atoms with Crippen molar-refractivity contribution in [2.75, 3.05) is 11.4 Å². The number of hydrogen-bond donors (Lipinski definition) is 0. The van der Waals surface area contributed by atoms with E-state index in [1.54, 1.807) is 12.1 Å². The van der Waals surface area contributed by atoms with Crippen LogP contribution in [0.2, 0.25) is 0 Å². The molecule has 0 aromatic heterocycles. The summed E-state index contributed by atoms with van der Waals surface area (Å²) in [6, 6.07) is 4.79. The lowest BCUT2D eigenvalue weighted by Gasteiger charge is -2.34. The Morgan fingerprint density at radius 2 is 2.22 bits per heavy atom. The molecule has 1 aromatic rings. The Labute approximate surface area is 106 Å². The molecule has 1 aliphatic rings. The lowest BCUT2D eigenvalue weighted by atomic mass is 10.0. The molecule has 0 amide bonds. The molecule has 96 valence electrons. The van der Waals surface area contributed by atoms with Gasteiger partial charge in [-0.1, -0.05) is 6.07 Å². The summed E-state index contributed by atoms with van der Waals surface area (Å²) in [5.74, 6) is 0. The number of nitro benzene ring substituents is 1. The van der Waals surface area contributed by atoms with Gasteiger partial charge < -0.3 is 9.69 Å². The van der Waals surface area contributed by atoms with Gasteiger partial charge >= 0.3 is 0 Å². The van der Waals surface area contributed by atoms with Crippen molar-refractivity contribution in [2.24, 2.45) is 0 Å². The fraction of sp³-hybridized carbons (Fsp3) is 0.462. The highest BCUT2D eigenvalue weighted by Crippen LogP contribution is 2.33. The third-order valence-corrected chi connectivity index (χ3v) is 3.34. The van der Waals surface area contributed by atoms with Crippen LogP contribution >= 0.6 is 0 Å². The molecule has 0 saturated carbocycles. The monoisotopic (exact) mass is 248 g/mol. The largest absolute Gasteiger partial charge is 0.356 e. The van der Waals surface area contributed by atoms with Gasteiger partial charge in [0.2, 0.25) is 0 Å². The summed E-state index contributed by atoms with van der Waals surface area (Å²) in [5, 5.41) is 11.1. The summed E-state index contributed by atoms with van der Waals surface area (Å²) in [4.78, 5) is 23.6. The molecule has 1 unspecified atom stereocenters. The first-order valence-electron chi connectivity index (χ1n) is 6.10. The zero-order valence-corrected chi connectivity index (χ0v) is 10.3. The minimum absolute atomic E-state index is 0.0781. The first-order valence-corrected chi connectivity index (χ1v) is 6.10. The third-order valence-electron chi connectivity index (χ3n) is 3.34. The Morgan fingerprint density at radius 3 is 2.89 bits per heavy atom. The number of piperidine rings is 1. The molecular weight excluding hydrogens is 232 g/mol. The van der Waals surface area contributed by atoms with Crippen LogP contribution < -0.4 is 4.90 Å². The summed E-state index contributed by atoms with van der Waals surface area (Å²) in [5.41, 5.74) is 1.61. The molecule has 1 fully saturated rings. The number of carbonyl (C=O) groups is 1. The first kappa shape index (κ1) is 12.5.